The highest BCUT2D eigenvalue weighted by Gasteiger charge is 2.08. The first-order valence-electron chi connectivity index (χ1n) is 19.5. The van der Waals surface area contributed by atoms with Crippen molar-refractivity contribution in [3.8, 4) is 11.5 Å². The van der Waals surface area contributed by atoms with Gasteiger partial charge in [-0.15, -0.1) is 0 Å². The summed E-state index contributed by atoms with van der Waals surface area (Å²) in [5.41, 5.74) is 2.13. The van der Waals surface area contributed by atoms with Gasteiger partial charge >= 0.3 is 0 Å². The lowest BCUT2D eigenvalue weighted by molar-refractivity contribution is 0.465. The molecule has 0 unspecified atom stereocenters. The summed E-state index contributed by atoms with van der Waals surface area (Å²) in [6, 6.07) is 12.1. The van der Waals surface area contributed by atoms with Crippen LogP contribution in [0.5, 0.6) is 11.5 Å². The highest BCUT2D eigenvalue weighted by atomic mass is 32.2. The number of phenols is 2. The van der Waals surface area contributed by atoms with E-state index in [1.165, 1.54) is 154 Å². The van der Waals surface area contributed by atoms with Gasteiger partial charge in [-0.25, -0.2) is 0 Å². The fraction of sp³-hybridized carbons (Fsp3) is 0.714. The summed E-state index contributed by atoms with van der Waals surface area (Å²) in [7, 11) is 0. The molecule has 0 saturated heterocycles. The molecule has 0 aliphatic rings. The molecule has 45 heavy (non-hydrogen) atoms. The second-order valence-electron chi connectivity index (χ2n) is 13.7. The van der Waals surface area contributed by atoms with Crippen molar-refractivity contribution >= 4 is 11.8 Å². The van der Waals surface area contributed by atoms with E-state index in [1.807, 2.05) is 24.3 Å². The molecule has 0 aromatic heterocycles. The lowest BCUT2D eigenvalue weighted by atomic mass is 10.0. The van der Waals surface area contributed by atoms with Crippen LogP contribution in [0.15, 0.2) is 46.2 Å². The summed E-state index contributed by atoms with van der Waals surface area (Å²) in [4.78, 5) is 2.32. The average molecular weight is 639 g/mol. The molecule has 2 nitrogen and oxygen atoms in total. The third-order valence-electron chi connectivity index (χ3n) is 9.44. The fourth-order valence-corrected chi connectivity index (χ4v) is 7.40. The summed E-state index contributed by atoms with van der Waals surface area (Å²) >= 11 is 1.74. The topological polar surface area (TPSA) is 40.5 Å². The number of unbranched alkanes of at least 4 members (excludes halogenated alkanes) is 24. The standard InChI is InChI=1S/C42H70O2S/c1-3-5-7-9-11-13-15-17-19-21-23-25-27-29-37-35-39(31-33-41(37)43)45-40-32-34-42(44)38(36-40)30-28-26-24-22-20-18-16-14-12-10-8-6-4-2/h31-36,43-44H,3-30H2,1-2H3. The molecule has 0 saturated carbocycles. The number of phenolic OH excluding ortho intramolecular Hbond substituents is 2. The minimum atomic E-state index is 0.423. The maximum absolute atomic E-state index is 10.5. The van der Waals surface area contributed by atoms with Gasteiger partial charge in [0.15, 0.2) is 0 Å². The van der Waals surface area contributed by atoms with Gasteiger partial charge in [0.05, 0.1) is 0 Å². The summed E-state index contributed by atoms with van der Waals surface area (Å²) in [5.74, 6) is 0.846. The summed E-state index contributed by atoms with van der Waals surface area (Å²) < 4.78 is 0. The average Bonchev–Trinajstić information content (AvgIpc) is 3.04. The van der Waals surface area contributed by atoms with Crippen LogP contribution in [0, 0.1) is 0 Å². The third kappa shape index (κ3) is 20.3. The SMILES string of the molecule is CCCCCCCCCCCCCCCc1cc(Sc2ccc(O)c(CCCCCCCCCCCCCCC)c2)ccc1O. The van der Waals surface area contributed by atoms with Gasteiger partial charge in [-0.1, -0.05) is 180 Å². The van der Waals surface area contributed by atoms with Gasteiger partial charge in [0, 0.05) is 9.79 Å². The molecule has 0 amide bonds. The van der Waals surface area contributed by atoms with E-state index in [4.69, 9.17) is 0 Å². The van der Waals surface area contributed by atoms with Crippen LogP contribution in [0.2, 0.25) is 0 Å². The molecule has 0 fully saturated rings. The van der Waals surface area contributed by atoms with Crippen molar-refractivity contribution in [1.82, 2.24) is 0 Å². The van der Waals surface area contributed by atoms with Gasteiger partial charge in [-0.2, -0.15) is 0 Å². The van der Waals surface area contributed by atoms with Gasteiger partial charge in [-0.05, 0) is 73.2 Å². The molecule has 0 heterocycles. The molecule has 2 rings (SSSR count). The largest absolute Gasteiger partial charge is 0.508 e. The lowest BCUT2D eigenvalue weighted by Gasteiger charge is -2.10. The third-order valence-corrected chi connectivity index (χ3v) is 10.4. The van der Waals surface area contributed by atoms with E-state index in [0.29, 0.717) is 11.5 Å². The molecule has 0 atom stereocenters. The number of rotatable bonds is 30. The molecular formula is C42H70O2S. The molecular weight excluding hydrogens is 569 g/mol. The van der Waals surface area contributed by atoms with Crippen LogP contribution in [-0.4, -0.2) is 10.2 Å². The smallest absolute Gasteiger partial charge is 0.118 e. The highest BCUT2D eigenvalue weighted by Crippen LogP contribution is 2.34. The number of hydrogen-bond donors (Lipinski definition) is 2. The molecule has 0 bridgehead atoms. The van der Waals surface area contributed by atoms with Crippen molar-refractivity contribution in [3.05, 3.63) is 47.5 Å². The van der Waals surface area contributed by atoms with Gasteiger partial charge in [0.25, 0.3) is 0 Å². The number of aryl methyl sites for hydroxylation is 2. The van der Waals surface area contributed by atoms with Crippen molar-refractivity contribution in [2.45, 2.75) is 203 Å². The van der Waals surface area contributed by atoms with Crippen molar-refractivity contribution < 1.29 is 10.2 Å². The summed E-state index contributed by atoms with van der Waals surface area (Å²) in [5, 5.41) is 21.0. The number of benzene rings is 2. The predicted octanol–water partition coefficient (Wildman–Crippen LogP) is 14.5. The molecule has 2 N–H and O–H groups in total. The van der Waals surface area contributed by atoms with Crippen LogP contribution in [0.4, 0.5) is 0 Å². The van der Waals surface area contributed by atoms with E-state index in [9.17, 15) is 10.2 Å². The van der Waals surface area contributed by atoms with Crippen LogP contribution >= 0.6 is 11.8 Å². The van der Waals surface area contributed by atoms with Crippen LogP contribution in [0.25, 0.3) is 0 Å². The Kier molecular flexibility index (Phi) is 24.2. The zero-order valence-electron chi connectivity index (χ0n) is 29.6. The Morgan fingerprint density at radius 1 is 0.378 bits per heavy atom. The zero-order chi connectivity index (χ0) is 32.2. The first kappa shape index (κ1) is 39.6. The predicted molar refractivity (Wildman–Crippen MR) is 199 cm³/mol. The Morgan fingerprint density at radius 2 is 0.644 bits per heavy atom. The van der Waals surface area contributed by atoms with Crippen LogP contribution in [-0.2, 0) is 12.8 Å². The van der Waals surface area contributed by atoms with Gasteiger partial charge < -0.3 is 10.2 Å². The maximum atomic E-state index is 10.5. The molecule has 2 aromatic rings. The zero-order valence-corrected chi connectivity index (χ0v) is 30.4. The first-order valence-corrected chi connectivity index (χ1v) is 20.3. The second-order valence-corrected chi connectivity index (χ2v) is 14.8. The Morgan fingerprint density at radius 3 is 0.933 bits per heavy atom. The first-order chi connectivity index (χ1) is 22.1. The van der Waals surface area contributed by atoms with E-state index < -0.39 is 0 Å². The van der Waals surface area contributed by atoms with E-state index in [2.05, 4.69) is 26.0 Å². The summed E-state index contributed by atoms with van der Waals surface area (Å²) in [6.07, 6.45) is 37.2. The quantitative estimate of drug-likeness (QED) is 0.0836. The molecule has 0 radical (unpaired) electrons. The Hall–Kier alpha value is -1.61. The number of hydrogen-bond acceptors (Lipinski definition) is 3. The normalized spacial score (nSPS) is 11.4. The summed E-state index contributed by atoms with van der Waals surface area (Å²) in [6.45, 7) is 4.57. The van der Waals surface area contributed by atoms with E-state index in [0.717, 1.165) is 46.6 Å². The second kappa shape index (κ2) is 27.5. The molecule has 2 aromatic carbocycles. The Bertz CT molecular complexity index is 894. The lowest BCUT2D eigenvalue weighted by Crippen LogP contribution is -1.90. The fourth-order valence-electron chi connectivity index (χ4n) is 6.45. The van der Waals surface area contributed by atoms with Crippen molar-refractivity contribution in [3.63, 3.8) is 0 Å². The van der Waals surface area contributed by atoms with Crippen molar-refractivity contribution in [2.75, 3.05) is 0 Å². The van der Waals surface area contributed by atoms with Crippen LogP contribution in [0.1, 0.15) is 192 Å². The molecule has 0 aliphatic carbocycles. The van der Waals surface area contributed by atoms with Gasteiger partial charge in [-0.3, -0.25) is 0 Å². The van der Waals surface area contributed by atoms with Crippen molar-refractivity contribution in [2.24, 2.45) is 0 Å². The maximum Gasteiger partial charge on any atom is 0.118 e. The Labute approximate surface area is 283 Å². The van der Waals surface area contributed by atoms with E-state index in [1.54, 1.807) is 11.8 Å². The van der Waals surface area contributed by atoms with Crippen LogP contribution in [0.3, 0.4) is 0 Å². The van der Waals surface area contributed by atoms with Crippen LogP contribution < -0.4 is 0 Å². The van der Waals surface area contributed by atoms with E-state index >= 15 is 0 Å². The van der Waals surface area contributed by atoms with Crippen molar-refractivity contribution in [1.29, 1.82) is 0 Å². The molecule has 3 heteroatoms. The molecule has 0 spiro atoms. The monoisotopic (exact) mass is 639 g/mol. The highest BCUT2D eigenvalue weighted by molar-refractivity contribution is 7.99. The number of aromatic hydroxyl groups is 2. The molecule has 256 valence electrons. The van der Waals surface area contributed by atoms with E-state index in [-0.39, 0.29) is 0 Å². The minimum absolute atomic E-state index is 0.423. The minimum Gasteiger partial charge on any atom is -0.508 e. The van der Waals surface area contributed by atoms with Gasteiger partial charge in [0.1, 0.15) is 11.5 Å². The molecule has 0 aliphatic heterocycles. The Balaban J connectivity index is 1.59. The van der Waals surface area contributed by atoms with Gasteiger partial charge in [0.2, 0.25) is 0 Å².